The van der Waals surface area contributed by atoms with Crippen LogP contribution in [0.3, 0.4) is 0 Å². The highest BCUT2D eigenvalue weighted by molar-refractivity contribution is 5.70. The molecule has 0 atom stereocenters. The van der Waals surface area contributed by atoms with E-state index in [9.17, 15) is 18.4 Å². The molecule has 0 aliphatic heterocycles. The summed E-state index contributed by atoms with van der Waals surface area (Å²) in [6.07, 6.45) is 2.99. The number of aliphatic carboxylic acids is 1. The average Bonchev–Trinajstić information content (AvgIpc) is 2.87. The molecule has 0 spiro atoms. The van der Waals surface area contributed by atoms with Gasteiger partial charge in [-0.3, -0.25) is 14.3 Å². The van der Waals surface area contributed by atoms with Gasteiger partial charge in [-0.15, -0.1) is 0 Å². The Hall–Kier alpha value is -2.84. The van der Waals surface area contributed by atoms with E-state index in [1.165, 1.54) is 18.5 Å². The lowest BCUT2D eigenvalue weighted by molar-refractivity contribution is -0.136. The van der Waals surface area contributed by atoms with Crippen molar-refractivity contribution in [2.75, 3.05) is 0 Å². The van der Waals surface area contributed by atoms with Crippen LogP contribution in [0.5, 0.6) is 0 Å². The third-order valence-corrected chi connectivity index (χ3v) is 2.98. The molecule has 0 aliphatic rings. The van der Waals surface area contributed by atoms with Crippen molar-refractivity contribution in [3.8, 4) is 0 Å². The van der Waals surface area contributed by atoms with E-state index < -0.39 is 30.9 Å². The van der Waals surface area contributed by atoms with Crippen LogP contribution in [0.2, 0.25) is 0 Å². The molecule has 2 heterocycles. The van der Waals surface area contributed by atoms with Crippen LogP contribution in [0.1, 0.15) is 22.6 Å². The van der Waals surface area contributed by atoms with Gasteiger partial charge in [0.2, 0.25) is 0 Å². The summed E-state index contributed by atoms with van der Waals surface area (Å²) in [6, 6.07) is 0. The van der Waals surface area contributed by atoms with E-state index in [-0.39, 0.29) is 11.4 Å². The number of hydrogen-bond donors (Lipinski definition) is 2. The first-order valence-corrected chi connectivity index (χ1v) is 6.65. The van der Waals surface area contributed by atoms with Gasteiger partial charge in [-0.2, -0.15) is 5.10 Å². The maximum absolute atomic E-state index is 12.2. The quantitative estimate of drug-likeness (QED) is 0.835. The molecule has 0 unspecified atom stereocenters. The second-order valence-electron chi connectivity index (χ2n) is 4.81. The van der Waals surface area contributed by atoms with Gasteiger partial charge in [-0.05, 0) is 19.1 Å². The number of alkyl halides is 2. The van der Waals surface area contributed by atoms with Crippen molar-refractivity contribution in [3.05, 3.63) is 45.4 Å². The van der Waals surface area contributed by atoms with Crippen LogP contribution >= 0.6 is 0 Å². The molecule has 0 fully saturated rings. The van der Waals surface area contributed by atoms with Crippen molar-refractivity contribution < 1.29 is 18.7 Å². The number of H-pyrrole nitrogens is 1. The van der Waals surface area contributed by atoms with Gasteiger partial charge < -0.3 is 10.1 Å². The van der Waals surface area contributed by atoms with Gasteiger partial charge in [0, 0.05) is 23.0 Å². The number of halogens is 2. The molecule has 0 aliphatic carbocycles. The Kier molecular flexibility index (Phi) is 4.99. The molecule has 2 aromatic heterocycles. The lowest BCUT2D eigenvalue weighted by Crippen LogP contribution is -2.20. The van der Waals surface area contributed by atoms with E-state index in [4.69, 9.17) is 5.11 Å². The summed E-state index contributed by atoms with van der Waals surface area (Å²) in [4.78, 5) is 29.1. The van der Waals surface area contributed by atoms with Crippen LogP contribution in [0, 0.1) is 6.92 Å². The summed E-state index contributed by atoms with van der Waals surface area (Å²) in [5, 5.41) is 12.5. The maximum Gasteiger partial charge on any atom is 0.308 e. The number of aryl methyl sites for hydroxylation is 1. The minimum Gasteiger partial charge on any atom is -0.481 e. The van der Waals surface area contributed by atoms with Crippen LogP contribution in [0.4, 0.5) is 8.78 Å². The van der Waals surface area contributed by atoms with E-state index >= 15 is 0 Å². The van der Waals surface area contributed by atoms with Crippen LogP contribution < -0.4 is 5.56 Å². The standard InChI is InChI=1S/C14H14F2N4O3/c1-8-10(4-13(21)22)14(23)19-12(18-8)3-2-9-5-17-20(6-9)7-11(15)16/h2-3,5-6,11H,4,7H2,1H3,(H,21,22)(H,18,19,23)/b3-2+. The van der Waals surface area contributed by atoms with Crippen LogP contribution in [0.25, 0.3) is 12.2 Å². The van der Waals surface area contributed by atoms with Crippen molar-refractivity contribution in [1.29, 1.82) is 0 Å². The first kappa shape index (κ1) is 16.5. The fourth-order valence-electron chi connectivity index (χ4n) is 1.95. The van der Waals surface area contributed by atoms with Crippen molar-refractivity contribution in [3.63, 3.8) is 0 Å². The van der Waals surface area contributed by atoms with E-state index in [2.05, 4.69) is 15.1 Å². The summed E-state index contributed by atoms with van der Waals surface area (Å²) in [5.74, 6) is -0.876. The highest BCUT2D eigenvalue weighted by Crippen LogP contribution is 2.07. The molecule has 2 aromatic rings. The number of aromatic amines is 1. The lowest BCUT2D eigenvalue weighted by atomic mass is 10.1. The van der Waals surface area contributed by atoms with Gasteiger partial charge in [0.15, 0.2) is 0 Å². The summed E-state index contributed by atoms with van der Waals surface area (Å²) >= 11 is 0. The number of nitrogens with one attached hydrogen (secondary N) is 1. The molecule has 2 N–H and O–H groups in total. The highest BCUT2D eigenvalue weighted by Gasteiger charge is 2.11. The second kappa shape index (κ2) is 6.95. The first-order valence-electron chi connectivity index (χ1n) is 6.65. The van der Waals surface area contributed by atoms with E-state index in [0.29, 0.717) is 11.3 Å². The van der Waals surface area contributed by atoms with Crippen molar-refractivity contribution >= 4 is 18.1 Å². The van der Waals surface area contributed by atoms with Gasteiger partial charge in [0.25, 0.3) is 12.0 Å². The smallest absolute Gasteiger partial charge is 0.308 e. The molecular formula is C14H14F2N4O3. The van der Waals surface area contributed by atoms with Crippen molar-refractivity contribution in [2.45, 2.75) is 26.3 Å². The van der Waals surface area contributed by atoms with E-state index in [0.717, 1.165) is 4.68 Å². The third-order valence-electron chi connectivity index (χ3n) is 2.98. The molecule has 0 saturated heterocycles. The van der Waals surface area contributed by atoms with Crippen molar-refractivity contribution in [2.24, 2.45) is 0 Å². The molecule has 0 bridgehead atoms. The molecule has 122 valence electrons. The number of aromatic nitrogens is 4. The molecular weight excluding hydrogens is 310 g/mol. The largest absolute Gasteiger partial charge is 0.481 e. The van der Waals surface area contributed by atoms with E-state index in [1.54, 1.807) is 13.0 Å². The Bertz CT molecular complexity index is 796. The van der Waals surface area contributed by atoms with E-state index in [1.807, 2.05) is 0 Å². The number of carboxylic acid groups (broad SMARTS) is 1. The number of hydrogen-bond acceptors (Lipinski definition) is 4. The Morgan fingerprint density at radius 2 is 2.22 bits per heavy atom. The summed E-state index contributed by atoms with van der Waals surface area (Å²) in [7, 11) is 0. The predicted molar refractivity (Wildman–Crippen MR) is 78.1 cm³/mol. The first-order chi connectivity index (χ1) is 10.8. The van der Waals surface area contributed by atoms with Gasteiger partial charge in [0.05, 0.1) is 12.6 Å². The molecule has 0 saturated carbocycles. The molecule has 9 heteroatoms. The Labute approximate surface area is 129 Å². The molecule has 7 nitrogen and oxygen atoms in total. The Morgan fingerprint density at radius 1 is 1.48 bits per heavy atom. The monoisotopic (exact) mass is 324 g/mol. The number of carbonyl (C=O) groups is 1. The van der Waals surface area contributed by atoms with Crippen LogP contribution in [0.15, 0.2) is 17.2 Å². The van der Waals surface area contributed by atoms with Gasteiger partial charge in [-0.25, -0.2) is 13.8 Å². The van der Waals surface area contributed by atoms with Crippen LogP contribution in [-0.2, 0) is 17.8 Å². The predicted octanol–water partition coefficient (Wildman–Crippen LogP) is 1.34. The zero-order chi connectivity index (χ0) is 17.0. The average molecular weight is 324 g/mol. The highest BCUT2D eigenvalue weighted by atomic mass is 19.3. The number of carboxylic acids is 1. The van der Waals surface area contributed by atoms with Gasteiger partial charge >= 0.3 is 5.97 Å². The zero-order valence-corrected chi connectivity index (χ0v) is 12.2. The lowest BCUT2D eigenvalue weighted by Gasteiger charge is -2.02. The fourth-order valence-corrected chi connectivity index (χ4v) is 1.95. The van der Waals surface area contributed by atoms with Crippen molar-refractivity contribution in [1.82, 2.24) is 19.7 Å². The zero-order valence-electron chi connectivity index (χ0n) is 12.2. The normalized spacial score (nSPS) is 11.5. The Balaban J connectivity index is 2.18. The summed E-state index contributed by atoms with van der Waals surface area (Å²) in [5.41, 5.74) is 0.470. The van der Waals surface area contributed by atoms with Gasteiger partial charge in [0.1, 0.15) is 12.4 Å². The number of rotatable bonds is 6. The second-order valence-corrected chi connectivity index (χ2v) is 4.81. The SMILES string of the molecule is Cc1nc(/C=C/c2cnn(CC(F)F)c2)[nH]c(=O)c1CC(=O)O. The third kappa shape index (κ3) is 4.56. The summed E-state index contributed by atoms with van der Waals surface area (Å²) < 4.78 is 25.6. The molecule has 23 heavy (non-hydrogen) atoms. The molecule has 0 aromatic carbocycles. The fraction of sp³-hybridized carbons (Fsp3) is 0.286. The molecule has 0 amide bonds. The topological polar surface area (TPSA) is 101 Å². The maximum atomic E-state index is 12.2. The van der Waals surface area contributed by atoms with Gasteiger partial charge in [-0.1, -0.05) is 0 Å². The summed E-state index contributed by atoms with van der Waals surface area (Å²) in [6.45, 7) is 1.05. The minimum atomic E-state index is -2.49. The van der Waals surface area contributed by atoms with Crippen LogP contribution in [-0.4, -0.2) is 37.2 Å². The number of nitrogens with zero attached hydrogens (tertiary/aromatic N) is 3. The molecule has 2 rings (SSSR count). The molecule has 0 radical (unpaired) electrons. The Morgan fingerprint density at radius 3 is 2.83 bits per heavy atom. The minimum absolute atomic E-state index is 0.0967.